The average molecular weight is 615 g/mol. The molecule has 4 fully saturated rings. The molecule has 11 heteroatoms. The van der Waals surface area contributed by atoms with E-state index in [0.29, 0.717) is 44.0 Å². The Hall–Kier alpha value is -0.900. The van der Waals surface area contributed by atoms with Gasteiger partial charge in [-0.05, 0) is 98.3 Å². The van der Waals surface area contributed by atoms with Gasteiger partial charge in [0.2, 0.25) is 0 Å². The maximum absolute atomic E-state index is 13.6. The van der Waals surface area contributed by atoms with Crippen LogP contribution in [-0.2, 0) is 14.3 Å². The predicted molar refractivity (Wildman–Crippen MR) is 165 cm³/mol. The van der Waals surface area contributed by atoms with E-state index in [1.54, 1.807) is 0 Å². The molecule has 0 radical (unpaired) electrons. The fraction of sp³-hybridized carbons (Fsp3) is 0.935. The fourth-order valence-corrected chi connectivity index (χ4v) is 7.54. The number of unbranched alkanes of at least 4 members (excludes halogenated alkanes) is 1. The summed E-state index contributed by atoms with van der Waals surface area (Å²) < 4.78 is 25.8. The van der Waals surface area contributed by atoms with Crippen molar-refractivity contribution in [2.24, 2.45) is 11.8 Å². The minimum Gasteiger partial charge on any atom is -0.377 e. The predicted octanol–water partition coefficient (Wildman–Crippen LogP) is 2.97. The van der Waals surface area contributed by atoms with Crippen molar-refractivity contribution in [3.63, 3.8) is 0 Å². The molecule has 0 amide bonds. The molecule has 2 aliphatic heterocycles. The second-order valence-electron chi connectivity index (χ2n) is 12.7. The van der Waals surface area contributed by atoms with Crippen LogP contribution in [0.3, 0.4) is 0 Å². The summed E-state index contributed by atoms with van der Waals surface area (Å²) in [6.45, 7) is 5.02. The third kappa shape index (κ3) is 10.9. The minimum absolute atomic E-state index is 0.00402. The Morgan fingerprint density at radius 2 is 1.95 bits per heavy atom. The summed E-state index contributed by atoms with van der Waals surface area (Å²) in [5, 5.41) is 23.8. The van der Waals surface area contributed by atoms with Crippen LogP contribution >= 0.6 is 11.6 Å². The van der Waals surface area contributed by atoms with Gasteiger partial charge in [-0.25, -0.2) is 4.39 Å². The van der Waals surface area contributed by atoms with Gasteiger partial charge in [-0.15, -0.1) is 11.6 Å². The molecule has 9 nitrogen and oxygen atoms in total. The molecule has 42 heavy (non-hydrogen) atoms. The maximum atomic E-state index is 13.6. The van der Waals surface area contributed by atoms with Gasteiger partial charge in [0.25, 0.3) is 0 Å². The van der Waals surface area contributed by atoms with Crippen LogP contribution in [-0.4, -0.2) is 113 Å². The van der Waals surface area contributed by atoms with Crippen molar-refractivity contribution in [2.75, 3.05) is 47.4 Å². The SMILES string of the molecule is CCOC1CC2NCC(C#N)C(NC3CCC(OCC4CCCC(F)N4)C(Cl)C3)C2CC1NC.CN(C)CCCC=O. The van der Waals surface area contributed by atoms with Crippen molar-refractivity contribution in [2.45, 2.75) is 125 Å². The number of hydrogen-bond acceptors (Lipinski definition) is 9. The number of nitrogens with one attached hydrogen (secondary N) is 4. The Labute approximate surface area is 258 Å². The highest BCUT2D eigenvalue weighted by Gasteiger charge is 2.47. The van der Waals surface area contributed by atoms with Crippen LogP contribution in [0.2, 0.25) is 0 Å². The van der Waals surface area contributed by atoms with Gasteiger partial charge in [-0.1, -0.05) is 0 Å². The van der Waals surface area contributed by atoms with Crippen molar-refractivity contribution < 1.29 is 18.7 Å². The summed E-state index contributed by atoms with van der Waals surface area (Å²) in [6.07, 6.45) is 9.03. The van der Waals surface area contributed by atoms with Gasteiger partial charge in [0.05, 0.1) is 36.2 Å². The molecule has 0 aromatic rings. The number of piperidine rings is 2. The van der Waals surface area contributed by atoms with Gasteiger partial charge < -0.3 is 35.1 Å². The molecule has 2 saturated heterocycles. The first-order valence-corrected chi connectivity index (χ1v) is 16.6. The number of fused-ring (bicyclic) bond motifs is 1. The quantitative estimate of drug-likeness (QED) is 0.114. The van der Waals surface area contributed by atoms with E-state index in [0.717, 1.165) is 70.8 Å². The number of nitrogens with zero attached hydrogens (tertiary/aromatic N) is 2. The van der Waals surface area contributed by atoms with Gasteiger partial charge in [0.15, 0.2) is 6.30 Å². The number of aldehydes is 1. The van der Waals surface area contributed by atoms with Crippen LogP contribution in [0.5, 0.6) is 0 Å². The standard InChI is InChI=1S/C25H43ClFN5O2.C6H13NO/c1-3-33-23-11-20-18(10-21(23)29-2)25(15(12-28)13-30-20)32-16-7-8-22(19(26)9-16)34-14-17-5-4-6-24(27)31-17;1-7(2)5-3-4-6-8/h15-25,29-32H,3-11,13-14H2,1-2H3;6H,3-5H2,1-2H3. The topological polar surface area (TPSA) is 111 Å². The van der Waals surface area contributed by atoms with E-state index in [-0.39, 0.29) is 41.6 Å². The molecule has 11 unspecified atom stereocenters. The highest BCUT2D eigenvalue weighted by Crippen LogP contribution is 2.36. The molecule has 4 rings (SSSR count). The largest absolute Gasteiger partial charge is 0.377 e. The maximum Gasteiger partial charge on any atom is 0.151 e. The molecule has 2 heterocycles. The summed E-state index contributed by atoms with van der Waals surface area (Å²) >= 11 is 6.79. The van der Waals surface area contributed by atoms with Crippen molar-refractivity contribution in [1.29, 1.82) is 5.26 Å². The van der Waals surface area contributed by atoms with E-state index in [4.69, 9.17) is 21.1 Å². The monoisotopic (exact) mass is 614 g/mol. The van der Waals surface area contributed by atoms with Crippen LogP contribution in [0.1, 0.15) is 71.1 Å². The zero-order valence-electron chi connectivity index (χ0n) is 26.2. The number of nitriles is 1. The van der Waals surface area contributed by atoms with E-state index in [1.807, 2.05) is 21.1 Å². The van der Waals surface area contributed by atoms with Gasteiger partial charge in [-0.2, -0.15) is 5.26 Å². The molecule has 2 saturated carbocycles. The number of halogens is 2. The highest BCUT2D eigenvalue weighted by atomic mass is 35.5. The Kier molecular flexibility index (Phi) is 15.9. The van der Waals surface area contributed by atoms with E-state index < -0.39 is 6.30 Å². The second-order valence-corrected chi connectivity index (χ2v) is 13.3. The van der Waals surface area contributed by atoms with Gasteiger partial charge in [-0.3, -0.25) is 5.32 Å². The van der Waals surface area contributed by atoms with Crippen molar-refractivity contribution in [1.82, 2.24) is 26.2 Å². The van der Waals surface area contributed by atoms with Crippen LogP contribution in [0.25, 0.3) is 0 Å². The summed E-state index contributed by atoms with van der Waals surface area (Å²) in [4.78, 5) is 11.8. The number of carbonyl (C=O) groups is 1. The summed E-state index contributed by atoms with van der Waals surface area (Å²) in [5.41, 5.74) is 0. The molecular formula is C31H56ClFN6O3. The molecule has 0 spiro atoms. The zero-order chi connectivity index (χ0) is 30.5. The Morgan fingerprint density at radius 3 is 2.60 bits per heavy atom. The van der Waals surface area contributed by atoms with E-state index in [9.17, 15) is 14.4 Å². The first kappa shape index (κ1) is 35.6. The molecular weight excluding hydrogens is 559 g/mol. The van der Waals surface area contributed by atoms with Gasteiger partial charge >= 0.3 is 0 Å². The average Bonchev–Trinajstić information content (AvgIpc) is 2.97. The number of hydrogen-bond donors (Lipinski definition) is 4. The van der Waals surface area contributed by atoms with Crippen molar-refractivity contribution in [3.05, 3.63) is 0 Å². The Balaban J connectivity index is 0.000000531. The lowest BCUT2D eigenvalue weighted by atomic mass is 9.69. The number of alkyl halides is 2. The molecule has 11 atom stereocenters. The molecule has 4 N–H and O–H groups in total. The molecule has 0 aromatic carbocycles. The normalized spacial score (nSPS) is 38.6. The molecule has 242 valence electrons. The highest BCUT2D eigenvalue weighted by molar-refractivity contribution is 6.21. The number of ether oxygens (including phenoxy) is 2. The number of likely N-dealkylation sites (N-methyl/N-ethyl adjacent to an activating group) is 1. The van der Waals surface area contributed by atoms with Crippen LogP contribution < -0.4 is 21.3 Å². The summed E-state index contributed by atoms with van der Waals surface area (Å²) in [5.74, 6) is 0.317. The molecule has 4 aliphatic rings. The van der Waals surface area contributed by atoms with Gasteiger partial charge in [0.1, 0.15) is 6.29 Å². The van der Waals surface area contributed by atoms with Crippen LogP contribution in [0.15, 0.2) is 0 Å². The fourth-order valence-electron chi connectivity index (χ4n) is 7.13. The Bertz CT molecular complexity index is 822. The lowest BCUT2D eigenvalue weighted by Crippen LogP contribution is -2.65. The number of rotatable bonds is 12. The lowest BCUT2D eigenvalue weighted by Gasteiger charge is -2.50. The molecule has 2 aliphatic carbocycles. The molecule has 0 aromatic heterocycles. The third-order valence-corrected chi connectivity index (χ3v) is 9.86. The summed E-state index contributed by atoms with van der Waals surface area (Å²) in [6, 6.07) is 3.72. The zero-order valence-corrected chi connectivity index (χ0v) is 27.0. The first-order valence-electron chi connectivity index (χ1n) is 16.2. The minimum atomic E-state index is -0.915. The van der Waals surface area contributed by atoms with Crippen molar-refractivity contribution in [3.8, 4) is 6.07 Å². The Morgan fingerprint density at radius 1 is 1.14 bits per heavy atom. The van der Waals surface area contributed by atoms with E-state index in [2.05, 4.69) is 39.2 Å². The van der Waals surface area contributed by atoms with Gasteiger partial charge in [0, 0.05) is 49.8 Å². The van der Waals surface area contributed by atoms with E-state index >= 15 is 0 Å². The van der Waals surface area contributed by atoms with E-state index in [1.165, 1.54) is 0 Å². The third-order valence-electron chi connectivity index (χ3n) is 9.40. The second kappa shape index (κ2) is 18.8. The van der Waals surface area contributed by atoms with Crippen molar-refractivity contribution >= 4 is 17.9 Å². The lowest BCUT2D eigenvalue weighted by molar-refractivity contribution is -0.107. The van der Waals surface area contributed by atoms with Crippen LogP contribution in [0, 0.1) is 23.2 Å². The number of carbonyl (C=O) groups excluding carboxylic acids is 1. The smallest absolute Gasteiger partial charge is 0.151 e. The summed E-state index contributed by atoms with van der Waals surface area (Å²) in [7, 11) is 6.02. The molecule has 0 bridgehead atoms. The van der Waals surface area contributed by atoms with Crippen LogP contribution in [0.4, 0.5) is 4.39 Å². The first-order chi connectivity index (χ1) is 20.3.